The largest absolute Gasteiger partial charge is 0.462 e. The van der Waals surface area contributed by atoms with E-state index < -0.39 is 18.2 Å². The second kappa shape index (κ2) is 48.8. The normalized spacial score (nSPS) is 13.6. The molecule has 0 fully saturated rings. The van der Waals surface area contributed by atoms with Gasteiger partial charge in [0.15, 0.2) is 0 Å². The summed E-state index contributed by atoms with van der Waals surface area (Å²) in [5.41, 5.74) is 0. The smallest absolute Gasteiger partial charge is 0.306 e. The van der Waals surface area contributed by atoms with Gasteiger partial charge < -0.3 is 20.3 Å². The first-order valence-electron chi connectivity index (χ1n) is 26.4. The second-order valence-corrected chi connectivity index (χ2v) is 18.0. The average molecular weight is 856 g/mol. The molecule has 0 aliphatic rings. The molecule has 6 heteroatoms. The van der Waals surface area contributed by atoms with Crippen LogP contribution >= 0.6 is 0 Å². The van der Waals surface area contributed by atoms with Gasteiger partial charge >= 0.3 is 5.97 Å². The predicted molar refractivity (Wildman–Crippen MR) is 264 cm³/mol. The molecule has 3 N–H and O–H groups in total. The monoisotopic (exact) mass is 856 g/mol. The first-order valence-corrected chi connectivity index (χ1v) is 26.4. The van der Waals surface area contributed by atoms with Gasteiger partial charge in [0.2, 0.25) is 5.91 Å². The fourth-order valence-electron chi connectivity index (χ4n) is 7.96. The van der Waals surface area contributed by atoms with E-state index in [0.29, 0.717) is 19.3 Å². The number of allylic oxidation sites excluding steroid dienone is 8. The van der Waals surface area contributed by atoms with E-state index in [2.05, 4.69) is 74.7 Å². The highest BCUT2D eigenvalue weighted by Gasteiger charge is 2.24. The molecule has 0 aromatic rings. The molecule has 0 aliphatic carbocycles. The highest BCUT2D eigenvalue weighted by atomic mass is 16.5. The maximum Gasteiger partial charge on any atom is 0.306 e. The van der Waals surface area contributed by atoms with E-state index in [9.17, 15) is 19.8 Å². The maximum atomic E-state index is 13.2. The molecule has 61 heavy (non-hydrogen) atoms. The molecular weight excluding hydrogens is 755 g/mol. The molecule has 356 valence electrons. The minimum atomic E-state index is -0.796. The molecule has 0 aromatic carbocycles. The van der Waals surface area contributed by atoms with Crippen LogP contribution in [0.5, 0.6) is 0 Å². The van der Waals surface area contributed by atoms with Gasteiger partial charge in [-0.1, -0.05) is 236 Å². The average Bonchev–Trinajstić information content (AvgIpc) is 3.25. The zero-order valence-electron chi connectivity index (χ0n) is 40.5. The van der Waals surface area contributed by atoms with Crippen LogP contribution in [0.15, 0.2) is 48.6 Å². The van der Waals surface area contributed by atoms with Gasteiger partial charge in [0.1, 0.15) is 6.10 Å². The van der Waals surface area contributed by atoms with Gasteiger partial charge in [-0.15, -0.1) is 0 Å². The van der Waals surface area contributed by atoms with Crippen molar-refractivity contribution < 1.29 is 24.5 Å². The van der Waals surface area contributed by atoms with E-state index in [-0.39, 0.29) is 24.9 Å². The Balaban J connectivity index is 4.52. The van der Waals surface area contributed by atoms with Crippen molar-refractivity contribution >= 4 is 11.9 Å². The van der Waals surface area contributed by atoms with Crippen LogP contribution in [0.3, 0.4) is 0 Å². The lowest BCUT2D eigenvalue weighted by Crippen LogP contribution is -2.46. The van der Waals surface area contributed by atoms with Crippen LogP contribution in [-0.4, -0.2) is 46.9 Å². The van der Waals surface area contributed by atoms with E-state index in [4.69, 9.17) is 4.74 Å². The number of amides is 1. The predicted octanol–water partition coefficient (Wildman–Crippen LogP) is 15.8. The lowest BCUT2D eigenvalue weighted by atomic mass is 10.0. The lowest BCUT2D eigenvalue weighted by Gasteiger charge is -2.24. The molecule has 0 rings (SSSR count). The van der Waals surface area contributed by atoms with Gasteiger partial charge in [-0.2, -0.15) is 0 Å². The SMILES string of the molecule is CC/C=C/C=C/C=C/CCCCCCCCCC(=O)OC(CCC/C=C\CCCCCCCC)CC(=O)NC(CO)C(O)CCCCCCCCCCCCCCCCCC. The van der Waals surface area contributed by atoms with E-state index in [0.717, 1.165) is 70.6 Å². The van der Waals surface area contributed by atoms with Crippen molar-refractivity contribution in [1.82, 2.24) is 5.32 Å². The van der Waals surface area contributed by atoms with Gasteiger partial charge in [-0.3, -0.25) is 9.59 Å². The molecule has 0 heterocycles. The minimum Gasteiger partial charge on any atom is -0.462 e. The first kappa shape index (κ1) is 58.8. The molecule has 0 aromatic heterocycles. The van der Waals surface area contributed by atoms with Crippen LogP contribution in [0, 0.1) is 0 Å². The maximum absolute atomic E-state index is 13.2. The van der Waals surface area contributed by atoms with Crippen LogP contribution in [-0.2, 0) is 14.3 Å². The number of nitrogens with one attached hydrogen (secondary N) is 1. The van der Waals surface area contributed by atoms with Crippen molar-refractivity contribution in [2.75, 3.05) is 6.61 Å². The quantitative estimate of drug-likeness (QED) is 0.0245. The Kier molecular flexibility index (Phi) is 47.1. The van der Waals surface area contributed by atoms with Gasteiger partial charge in [0.05, 0.1) is 25.2 Å². The number of hydrogen-bond donors (Lipinski definition) is 3. The van der Waals surface area contributed by atoms with Gasteiger partial charge in [0.25, 0.3) is 0 Å². The molecular formula is C55H101NO5. The van der Waals surface area contributed by atoms with Crippen LogP contribution in [0.4, 0.5) is 0 Å². The van der Waals surface area contributed by atoms with Crippen molar-refractivity contribution in [2.45, 2.75) is 283 Å². The first-order chi connectivity index (χ1) is 30.0. The Morgan fingerprint density at radius 1 is 0.492 bits per heavy atom. The molecule has 0 saturated heterocycles. The van der Waals surface area contributed by atoms with Gasteiger partial charge in [-0.05, 0) is 64.2 Å². The number of aliphatic hydroxyl groups is 2. The molecule has 0 aliphatic heterocycles. The third-order valence-corrected chi connectivity index (χ3v) is 12.0. The summed E-state index contributed by atoms with van der Waals surface area (Å²) >= 11 is 0. The third kappa shape index (κ3) is 44.2. The molecule has 3 atom stereocenters. The topological polar surface area (TPSA) is 95.9 Å². The van der Waals surface area contributed by atoms with Crippen LogP contribution in [0.1, 0.15) is 265 Å². The van der Waals surface area contributed by atoms with Gasteiger partial charge in [-0.25, -0.2) is 0 Å². The van der Waals surface area contributed by atoms with Gasteiger partial charge in [0, 0.05) is 6.42 Å². The number of carbonyl (C=O) groups is 2. The van der Waals surface area contributed by atoms with Crippen LogP contribution in [0.25, 0.3) is 0 Å². The Morgan fingerprint density at radius 2 is 0.918 bits per heavy atom. The third-order valence-electron chi connectivity index (χ3n) is 12.0. The molecule has 3 unspecified atom stereocenters. The molecule has 0 spiro atoms. The van der Waals surface area contributed by atoms with E-state index >= 15 is 0 Å². The Bertz CT molecular complexity index is 1050. The highest BCUT2D eigenvalue weighted by Crippen LogP contribution is 2.17. The van der Waals surface area contributed by atoms with E-state index in [1.165, 1.54) is 148 Å². The second-order valence-electron chi connectivity index (χ2n) is 18.0. The number of rotatable bonds is 47. The number of aliphatic hydroxyl groups excluding tert-OH is 2. The zero-order chi connectivity index (χ0) is 44.5. The number of carbonyl (C=O) groups excluding carboxylic acids is 2. The molecule has 0 radical (unpaired) electrons. The summed E-state index contributed by atoms with van der Waals surface area (Å²) in [6.45, 7) is 6.35. The summed E-state index contributed by atoms with van der Waals surface area (Å²) in [4.78, 5) is 26.1. The summed E-state index contributed by atoms with van der Waals surface area (Å²) in [6, 6.07) is -0.711. The molecule has 1 amide bonds. The fourth-order valence-corrected chi connectivity index (χ4v) is 7.96. The number of unbranched alkanes of at least 4 members (excludes halogenated alkanes) is 29. The molecule has 0 bridgehead atoms. The Morgan fingerprint density at radius 3 is 1.41 bits per heavy atom. The van der Waals surface area contributed by atoms with Crippen molar-refractivity contribution in [2.24, 2.45) is 0 Å². The van der Waals surface area contributed by atoms with Crippen LogP contribution in [0.2, 0.25) is 0 Å². The minimum absolute atomic E-state index is 0.0524. The number of hydrogen-bond acceptors (Lipinski definition) is 5. The van der Waals surface area contributed by atoms with E-state index in [1.807, 2.05) is 0 Å². The van der Waals surface area contributed by atoms with E-state index in [1.54, 1.807) is 0 Å². The highest BCUT2D eigenvalue weighted by molar-refractivity contribution is 5.77. The van der Waals surface area contributed by atoms with Crippen molar-refractivity contribution in [1.29, 1.82) is 0 Å². The van der Waals surface area contributed by atoms with Crippen molar-refractivity contribution in [3.63, 3.8) is 0 Å². The summed E-state index contributed by atoms with van der Waals surface area (Å²) in [5, 5.41) is 23.8. The van der Waals surface area contributed by atoms with Crippen molar-refractivity contribution in [3.05, 3.63) is 48.6 Å². The standard InChI is InChI=1S/C55H101NO5/c1-4-7-10-13-16-19-22-24-26-28-29-32-35-38-41-44-47-53(58)52(50-57)56-54(59)49-51(46-43-40-37-34-31-21-18-15-12-9-6-3)61-55(60)48-45-42-39-36-33-30-27-25-23-20-17-14-11-8-5-2/h8,11,14,17,20,23,34,37,51-53,57-58H,4-7,9-10,12-13,15-16,18-19,21-22,24-33,35-36,38-50H2,1-3H3,(H,56,59)/b11-8+,17-14+,23-20+,37-34-. The summed E-state index contributed by atoms with van der Waals surface area (Å²) in [6.07, 6.45) is 58.9. The number of esters is 1. The molecule has 6 nitrogen and oxygen atoms in total. The number of ether oxygens (including phenoxy) is 1. The summed E-state index contributed by atoms with van der Waals surface area (Å²) in [5.74, 6) is -0.512. The lowest BCUT2D eigenvalue weighted by molar-refractivity contribution is -0.151. The summed E-state index contributed by atoms with van der Waals surface area (Å²) < 4.78 is 5.91. The van der Waals surface area contributed by atoms with Crippen molar-refractivity contribution in [3.8, 4) is 0 Å². The Labute approximate surface area is 378 Å². The van der Waals surface area contributed by atoms with Crippen LogP contribution < -0.4 is 5.32 Å². The molecule has 0 saturated carbocycles. The fraction of sp³-hybridized carbons (Fsp3) is 0.818. The Hall–Kier alpha value is -2.18. The zero-order valence-corrected chi connectivity index (χ0v) is 40.5. The summed E-state index contributed by atoms with van der Waals surface area (Å²) in [7, 11) is 0.